The fourth-order valence-corrected chi connectivity index (χ4v) is 3.86. The molecule has 1 aliphatic rings. The quantitative estimate of drug-likeness (QED) is 0.303. The molecule has 0 atom stereocenters. The van der Waals surface area contributed by atoms with Gasteiger partial charge in [-0.15, -0.1) is 0 Å². The van der Waals surface area contributed by atoms with Gasteiger partial charge in [0, 0.05) is 12.1 Å². The Morgan fingerprint density at radius 1 is 0.733 bits per heavy atom. The lowest BCUT2D eigenvalue weighted by atomic mass is 9.58. The number of nitrogens with zero attached hydrogens (tertiary/aromatic N) is 2. The first-order valence-corrected chi connectivity index (χ1v) is 9.12. The largest absolute Gasteiger partial charge is 0.419 e. The number of carbonyl (C=O) groups excluding carboxylic acids is 2. The van der Waals surface area contributed by atoms with Gasteiger partial charge in [-0.2, -0.15) is 0 Å². The summed E-state index contributed by atoms with van der Waals surface area (Å²) in [4.78, 5) is 46.0. The molecule has 0 amide bonds. The van der Waals surface area contributed by atoms with E-state index in [4.69, 9.17) is 9.47 Å². The second-order valence-corrected chi connectivity index (χ2v) is 7.06. The lowest BCUT2D eigenvalue weighted by molar-refractivity contribution is -0.385. The van der Waals surface area contributed by atoms with Crippen molar-refractivity contribution in [2.75, 3.05) is 0 Å². The third kappa shape index (κ3) is 3.84. The van der Waals surface area contributed by atoms with Crippen LogP contribution in [0, 0.1) is 43.9 Å². The highest BCUT2D eigenvalue weighted by Crippen LogP contribution is 2.47. The van der Waals surface area contributed by atoms with Crippen LogP contribution in [0.2, 0.25) is 0 Å². The van der Waals surface area contributed by atoms with Crippen molar-refractivity contribution in [3.63, 3.8) is 0 Å². The molecule has 1 fully saturated rings. The SMILES string of the molecule is CC1C(C(=O)Oc2ccccc2[N+](=O)[O-])C(C)C1C(=O)Oc1ccccc1[N+](=O)[O-]. The molecule has 1 aliphatic carbocycles. The van der Waals surface area contributed by atoms with Crippen LogP contribution < -0.4 is 9.47 Å². The summed E-state index contributed by atoms with van der Waals surface area (Å²) in [6.07, 6.45) is 0. The van der Waals surface area contributed by atoms with E-state index in [1.807, 2.05) is 0 Å². The first-order chi connectivity index (χ1) is 14.2. The highest BCUT2D eigenvalue weighted by molar-refractivity contribution is 5.84. The molecule has 0 unspecified atom stereocenters. The van der Waals surface area contributed by atoms with E-state index in [0.29, 0.717) is 0 Å². The summed E-state index contributed by atoms with van der Waals surface area (Å²) >= 11 is 0. The van der Waals surface area contributed by atoms with Crippen LogP contribution in [0.1, 0.15) is 13.8 Å². The highest BCUT2D eigenvalue weighted by Gasteiger charge is 2.54. The molecule has 1 saturated carbocycles. The molecule has 10 nitrogen and oxygen atoms in total. The minimum Gasteiger partial charge on any atom is -0.419 e. The molecule has 10 heteroatoms. The smallest absolute Gasteiger partial charge is 0.315 e. The van der Waals surface area contributed by atoms with Crippen molar-refractivity contribution >= 4 is 23.3 Å². The number of ether oxygens (including phenoxy) is 2. The van der Waals surface area contributed by atoms with Crippen molar-refractivity contribution in [3.8, 4) is 11.5 Å². The summed E-state index contributed by atoms with van der Waals surface area (Å²) in [7, 11) is 0. The van der Waals surface area contributed by atoms with Crippen LogP contribution in [0.15, 0.2) is 48.5 Å². The van der Waals surface area contributed by atoms with Gasteiger partial charge in [0.25, 0.3) is 0 Å². The van der Waals surface area contributed by atoms with Gasteiger partial charge in [0.15, 0.2) is 0 Å². The van der Waals surface area contributed by atoms with Gasteiger partial charge >= 0.3 is 23.3 Å². The minimum atomic E-state index is -0.681. The Bertz CT molecular complexity index is 932. The van der Waals surface area contributed by atoms with Crippen molar-refractivity contribution in [3.05, 3.63) is 68.8 Å². The Hall–Kier alpha value is -3.82. The number of hydrogen-bond acceptors (Lipinski definition) is 8. The fraction of sp³-hybridized carbons (Fsp3) is 0.300. The van der Waals surface area contributed by atoms with E-state index in [9.17, 15) is 29.8 Å². The molecule has 0 aliphatic heterocycles. The van der Waals surface area contributed by atoms with E-state index in [-0.39, 0.29) is 22.9 Å². The summed E-state index contributed by atoms with van der Waals surface area (Å²) in [5, 5.41) is 22.2. The first-order valence-electron chi connectivity index (χ1n) is 9.12. The number of benzene rings is 2. The van der Waals surface area contributed by atoms with Crippen LogP contribution in [-0.2, 0) is 9.59 Å². The zero-order valence-electron chi connectivity index (χ0n) is 16.1. The molecule has 0 aromatic heterocycles. The van der Waals surface area contributed by atoms with E-state index in [1.165, 1.54) is 48.5 Å². The van der Waals surface area contributed by atoms with Crippen LogP contribution >= 0.6 is 0 Å². The predicted octanol–water partition coefficient (Wildman–Crippen LogP) is 3.53. The molecule has 0 spiro atoms. The van der Waals surface area contributed by atoms with Crippen LogP contribution in [0.5, 0.6) is 11.5 Å². The van der Waals surface area contributed by atoms with Gasteiger partial charge in [0.05, 0.1) is 21.7 Å². The Morgan fingerprint density at radius 3 is 1.40 bits per heavy atom. The summed E-state index contributed by atoms with van der Waals surface area (Å²) in [5.74, 6) is -3.98. The van der Waals surface area contributed by atoms with E-state index in [1.54, 1.807) is 13.8 Å². The van der Waals surface area contributed by atoms with Crippen LogP contribution in [-0.4, -0.2) is 21.8 Å². The maximum atomic E-state index is 12.6. The number of nitro groups is 2. The van der Waals surface area contributed by atoms with Gasteiger partial charge in [-0.1, -0.05) is 38.1 Å². The predicted molar refractivity (Wildman–Crippen MR) is 103 cm³/mol. The maximum absolute atomic E-state index is 12.6. The van der Waals surface area contributed by atoms with Gasteiger partial charge in [-0.3, -0.25) is 29.8 Å². The normalized spacial score (nSPS) is 22.5. The monoisotopic (exact) mass is 414 g/mol. The van der Waals surface area contributed by atoms with Crippen molar-refractivity contribution in [2.24, 2.45) is 23.7 Å². The standard InChI is InChI=1S/C20H18N2O8/c1-11-17(19(23)29-15-9-5-3-7-13(15)21(25)26)12(2)18(11)20(24)30-16-10-6-4-8-14(16)22(27)28/h3-12,17-18H,1-2H3. The Kier molecular flexibility index (Phi) is 5.77. The molecule has 0 heterocycles. The zero-order valence-corrected chi connectivity index (χ0v) is 16.1. The zero-order chi connectivity index (χ0) is 22.0. The molecular weight excluding hydrogens is 396 g/mol. The molecule has 0 radical (unpaired) electrons. The van der Waals surface area contributed by atoms with E-state index in [2.05, 4.69) is 0 Å². The third-order valence-electron chi connectivity index (χ3n) is 5.36. The van der Waals surface area contributed by atoms with Gasteiger partial charge in [-0.05, 0) is 24.0 Å². The summed E-state index contributed by atoms with van der Waals surface area (Å²) in [6, 6.07) is 11.0. The Labute approximate surface area is 170 Å². The van der Waals surface area contributed by atoms with Crippen molar-refractivity contribution in [1.82, 2.24) is 0 Å². The molecular formula is C20H18N2O8. The van der Waals surface area contributed by atoms with Crippen LogP contribution in [0.4, 0.5) is 11.4 Å². The van der Waals surface area contributed by atoms with Crippen LogP contribution in [0.3, 0.4) is 0 Å². The minimum absolute atomic E-state index is 0.169. The third-order valence-corrected chi connectivity index (χ3v) is 5.36. The average molecular weight is 414 g/mol. The van der Waals surface area contributed by atoms with Gasteiger partial charge < -0.3 is 9.47 Å². The lowest BCUT2D eigenvalue weighted by Gasteiger charge is -2.45. The lowest BCUT2D eigenvalue weighted by Crippen LogP contribution is -2.53. The number of rotatable bonds is 6. The first kappa shape index (κ1) is 20.9. The summed E-state index contributed by atoms with van der Waals surface area (Å²) in [5.41, 5.74) is -0.671. The van der Waals surface area contributed by atoms with Gasteiger partial charge in [-0.25, -0.2) is 0 Å². The van der Waals surface area contributed by atoms with Crippen molar-refractivity contribution in [2.45, 2.75) is 13.8 Å². The van der Waals surface area contributed by atoms with Crippen molar-refractivity contribution < 1.29 is 28.9 Å². The second kappa shape index (κ2) is 8.27. The highest BCUT2D eigenvalue weighted by atomic mass is 16.6. The van der Waals surface area contributed by atoms with E-state index in [0.717, 1.165) is 0 Å². The van der Waals surface area contributed by atoms with E-state index >= 15 is 0 Å². The van der Waals surface area contributed by atoms with E-state index < -0.39 is 45.5 Å². The summed E-state index contributed by atoms with van der Waals surface area (Å²) in [6.45, 7) is 3.33. The molecule has 2 aromatic carbocycles. The van der Waals surface area contributed by atoms with Crippen molar-refractivity contribution in [1.29, 1.82) is 0 Å². The number of nitro benzene ring substituents is 2. The molecule has 30 heavy (non-hydrogen) atoms. The Balaban J connectivity index is 1.70. The second-order valence-electron chi connectivity index (χ2n) is 7.06. The average Bonchev–Trinajstić information content (AvgIpc) is 2.68. The molecule has 156 valence electrons. The summed E-state index contributed by atoms with van der Waals surface area (Å²) < 4.78 is 10.5. The molecule has 3 rings (SSSR count). The maximum Gasteiger partial charge on any atom is 0.315 e. The number of esters is 2. The molecule has 0 bridgehead atoms. The number of hydrogen-bond donors (Lipinski definition) is 0. The number of para-hydroxylation sites is 4. The fourth-order valence-electron chi connectivity index (χ4n) is 3.86. The number of carbonyl (C=O) groups is 2. The molecule has 2 aromatic rings. The molecule has 0 N–H and O–H groups in total. The van der Waals surface area contributed by atoms with Gasteiger partial charge in [0.2, 0.25) is 11.5 Å². The topological polar surface area (TPSA) is 139 Å². The molecule has 0 saturated heterocycles. The Morgan fingerprint density at radius 2 is 1.07 bits per heavy atom. The van der Waals surface area contributed by atoms with Gasteiger partial charge in [0.1, 0.15) is 0 Å². The van der Waals surface area contributed by atoms with Crippen LogP contribution in [0.25, 0.3) is 0 Å².